The van der Waals surface area contributed by atoms with Crippen LogP contribution in [0.2, 0.25) is 0 Å². The number of quaternary nitrogens is 1. The maximum atomic E-state index is 11.2. The molecular formula is C15H29NO3. The topological polar surface area (TPSA) is 60.4 Å². The smallest absolute Gasteiger partial charge is 0.129 e. The first kappa shape index (κ1) is 18.1. The van der Waals surface area contributed by atoms with Crippen molar-refractivity contribution < 1.29 is 19.5 Å². The third-order valence-corrected chi connectivity index (χ3v) is 3.39. The van der Waals surface area contributed by atoms with Gasteiger partial charge in [-0.05, 0) is 12.8 Å². The van der Waals surface area contributed by atoms with E-state index in [-0.39, 0.29) is 4.48 Å². The minimum atomic E-state index is -1.03. The molecule has 0 aliphatic heterocycles. The Bertz CT molecular complexity index is 287. The number of carboxylic acids is 1. The number of allylic oxidation sites excluding steroid dienone is 1. The van der Waals surface area contributed by atoms with Gasteiger partial charge in [-0.1, -0.05) is 38.8 Å². The molecule has 0 radical (unpaired) electrons. The van der Waals surface area contributed by atoms with Gasteiger partial charge in [-0.3, -0.25) is 0 Å². The molecule has 0 aliphatic rings. The Morgan fingerprint density at radius 3 is 2.37 bits per heavy atom. The van der Waals surface area contributed by atoms with Gasteiger partial charge < -0.3 is 19.5 Å². The van der Waals surface area contributed by atoms with E-state index in [1.807, 2.05) is 27.1 Å². The predicted octanol–water partition coefficient (Wildman–Crippen LogP) is 1.09. The molecule has 112 valence electrons. The van der Waals surface area contributed by atoms with E-state index in [0.29, 0.717) is 19.4 Å². The number of rotatable bonds is 10. The van der Waals surface area contributed by atoms with Gasteiger partial charge in [0.15, 0.2) is 0 Å². The molecule has 0 bridgehead atoms. The lowest BCUT2D eigenvalue weighted by molar-refractivity contribution is -0.911. The summed E-state index contributed by atoms with van der Waals surface area (Å²) in [4.78, 5) is 11.2. The molecule has 0 amide bonds. The van der Waals surface area contributed by atoms with Crippen molar-refractivity contribution in [3.05, 3.63) is 12.2 Å². The minimum absolute atomic E-state index is 0.263. The van der Waals surface area contributed by atoms with Crippen molar-refractivity contribution >= 4 is 5.97 Å². The predicted molar refractivity (Wildman–Crippen MR) is 75.4 cm³/mol. The summed E-state index contributed by atoms with van der Waals surface area (Å²) in [5.41, 5.74) is 0. The highest BCUT2D eigenvalue weighted by molar-refractivity contribution is 5.69. The van der Waals surface area contributed by atoms with Crippen LogP contribution in [-0.2, 0) is 4.79 Å². The van der Waals surface area contributed by atoms with Gasteiger partial charge in [0.05, 0.1) is 20.1 Å². The number of carbonyl (C=O) groups excluding carboxylic acids is 1. The van der Waals surface area contributed by atoms with Crippen LogP contribution in [0.3, 0.4) is 0 Å². The van der Waals surface area contributed by atoms with Crippen molar-refractivity contribution in [2.45, 2.75) is 58.1 Å². The maximum Gasteiger partial charge on any atom is 0.129 e. The molecule has 19 heavy (non-hydrogen) atoms. The fourth-order valence-corrected chi connectivity index (χ4v) is 2.31. The number of likely N-dealkylation sites (N-methyl/N-ethyl adjacent to an activating group) is 1. The Hall–Kier alpha value is -0.870. The molecule has 4 heteroatoms. The third-order valence-electron chi connectivity index (χ3n) is 3.39. The average Bonchev–Trinajstić information content (AvgIpc) is 2.30. The van der Waals surface area contributed by atoms with Crippen molar-refractivity contribution in [3.63, 3.8) is 0 Å². The Labute approximate surface area is 117 Å². The zero-order valence-corrected chi connectivity index (χ0v) is 12.8. The van der Waals surface area contributed by atoms with Gasteiger partial charge in [-0.2, -0.15) is 0 Å². The summed E-state index contributed by atoms with van der Waals surface area (Å²) >= 11 is 0. The van der Waals surface area contributed by atoms with Crippen molar-refractivity contribution in [1.29, 1.82) is 0 Å². The Morgan fingerprint density at radius 2 is 1.89 bits per heavy atom. The van der Waals surface area contributed by atoms with Crippen LogP contribution in [0.4, 0.5) is 0 Å². The highest BCUT2D eigenvalue weighted by Crippen LogP contribution is 2.14. The Morgan fingerprint density at radius 1 is 1.26 bits per heavy atom. The maximum absolute atomic E-state index is 11.2. The van der Waals surface area contributed by atoms with Gasteiger partial charge >= 0.3 is 0 Å². The quantitative estimate of drug-likeness (QED) is 0.478. The molecule has 0 aromatic carbocycles. The number of carbonyl (C=O) groups is 1. The van der Waals surface area contributed by atoms with Gasteiger partial charge in [-0.15, -0.1) is 0 Å². The minimum Gasteiger partial charge on any atom is -0.544 e. The molecular weight excluding hydrogens is 242 g/mol. The molecule has 0 spiro atoms. The van der Waals surface area contributed by atoms with E-state index in [1.54, 1.807) is 0 Å². The standard InChI is InChI=1S/C15H29NO3/c1-5-7-8-9-11-13(17)12-16(3,4)14(10-6-2)15(18)19/h8-9,13-14,17H,5-7,10-12H2,1-4H3/b9-8+. The second-order valence-electron chi connectivity index (χ2n) is 5.73. The van der Waals surface area contributed by atoms with Crippen molar-refractivity contribution in [1.82, 2.24) is 0 Å². The number of carboxylic acid groups (broad SMARTS) is 1. The number of unbranched alkanes of at least 4 members (excludes halogenated alkanes) is 1. The van der Waals surface area contributed by atoms with Crippen LogP contribution in [0.25, 0.3) is 0 Å². The second kappa shape index (κ2) is 9.10. The summed E-state index contributed by atoms with van der Waals surface area (Å²) in [5.74, 6) is -1.03. The Kier molecular flexibility index (Phi) is 8.68. The number of hydrogen-bond donors (Lipinski definition) is 1. The summed E-state index contributed by atoms with van der Waals surface area (Å²) in [6, 6.07) is -0.556. The van der Waals surface area contributed by atoms with Crippen molar-refractivity contribution in [3.8, 4) is 0 Å². The number of aliphatic carboxylic acids is 1. The Balaban J connectivity index is 4.42. The van der Waals surface area contributed by atoms with Gasteiger partial charge in [0.2, 0.25) is 0 Å². The summed E-state index contributed by atoms with van der Waals surface area (Å²) in [6.45, 7) is 4.49. The van der Waals surface area contributed by atoms with E-state index in [2.05, 4.69) is 13.0 Å². The number of nitrogens with zero attached hydrogens (tertiary/aromatic N) is 1. The molecule has 0 saturated carbocycles. The number of aliphatic hydroxyl groups excluding tert-OH is 1. The molecule has 0 aromatic rings. The van der Waals surface area contributed by atoms with Crippen LogP contribution in [0.15, 0.2) is 12.2 Å². The van der Waals surface area contributed by atoms with Crippen molar-refractivity contribution in [2.24, 2.45) is 0 Å². The molecule has 4 nitrogen and oxygen atoms in total. The largest absolute Gasteiger partial charge is 0.544 e. The van der Waals surface area contributed by atoms with Gasteiger partial charge in [0, 0.05) is 6.42 Å². The zero-order chi connectivity index (χ0) is 14.9. The molecule has 1 N–H and O–H groups in total. The molecule has 2 unspecified atom stereocenters. The monoisotopic (exact) mass is 271 g/mol. The molecule has 0 fully saturated rings. The first-order valence-electron chi connectivity index (χ1n) is 7.21. The highest BCUT2D eigenvalue weighted by atomic mass is 16.4. The third kappa shape index (κ3) is 7.33. The lowest BCUT2D eigenvalue weighted by atomic mass is 10.1. The second-order valence-corrected chi connectivity index (χ2v) is 5.73. The summed E-state index contributed by atoms with van der Waals surface area (Å²) in [5, 5.41) is 21.2. The van der Waals surface area contributed by atoms with Crippen LogP contribution < -0.4 is 5.11 Å². The first-order chi connectivity index (χ1) is 8.85. The molecule has 2 atom stereocenters. The highest BCUT2D eigenvalue weighted by Gasteiger charge is 2.30. The van der Waals surface area contributed by atoms with Crippen LogP contribution in [-0.4, -0.2) is 48.3 Å². The first-order valence-corrected chi connectivity index (χ1v) is 7.21. The van der Waals surface area contributed by atoms with Crippen LogP contribution in [0, 0.1) is 0 Å². The summed E-state index contributed by atoms with van der Waals surface area (Å²) < 4.78 is 0.263. The molecule has 0 rings (SSSR count). The van der Waals surface area contributed by atoms with E-state index in [9.17, 15) is 15.0 Å². The SMILES string of the molecule is CCC/C=C/CC(O)C[N+](C)(C)C(CCC)C(=O)[O-]. The number of aliphatic hydroxyl groups is 1. The van der Waals surface area contributed by atoms with Crippen LogP contribution in [0.5, 0.6) is 0 Å². The average molecular weight is 271 g/mol. The van der Waals surface area contributed by atoms with Crippen LogP contribution in [0.1, 0.15) is 46.0 Å². The fourth-order valence-electron chi connectivity index (χ4n) is 2.31. The van der Waals surface area contributed by atoms with Gasteiger partial charge in [0.1, 0.15) is 18.7 Å². The van der Waals surface area contributed by atoms with E-state index in [4.69, 9.17) is 0 Å². The van der Waals surface area contributed by atoms with Gasteiger partial charge in [0.25, 0.3) is 0 Å². The lowest BCUT2D eigenvalue weighted by Gasteiger charge is -2.39. The van der Waals surface area contributed by atoms with Gasteiger partial charge in [-0.25, -0.2) is 0 Å². The van der Waals surface area contributed by atoms with E-state index in [0.717, 1.165) is 19.3 Å². The van der Waals surface area contributed by atoms with E-state index < -0.39 is 18.1 Å². The summed E-state index contributed by atoms with van der Waals surface area (Å²) in [6.07, 6.45) is 7.59. The molecule has 0 saturated heterocycles. The summed E-state index contributed by atoms with van der Waals surface area (Å²) in [7, 11) is 3.68. The molecule has 0 aromatic heterocycles. The zero-order valence-electron chi connectivity index (χ0n) is 12.8. The van der Waals surface area contributed by atoms with E-state index >= 15 is 0 Å². The van der Waals surface area contributed by atoms with E-state index in [1.165, 1.54) is 0 Å². The van der Waals surface area contributed by atoms with Crippen molar-refractivity contribution in [2.75, 3.05) is 20.6 Å². The fraction of sp³-hybridized carbons (Fsp3) is 0.800. The molecule has 0 aliphatic carbocycles. The lowest BCUT2D eigenvalue weighted by Crippen LogP contribution is -2.59. The number of hydrogen-bond acceptors (Lipinski definition) is 3. The normalized spacial score (nSPS) is 15.6. The van der Waals surface area contributed by atoms with Crippen LogP contribution >= 0.6 is 0 Å². The molecule has 0 heterocycles.